The molecule has 2 atom stereocenters. The van der Waals surface area contributed by atoms with Crippen molar-refractivity contribution < 1.29 is 27.2 Å². The van der Waals surface area contributed by atoms with E-state index in [0.29, 0.717) is 27.8 Å². The number of rotatable bonds is 6. The van der Waals surface area contributed by atoms with Crippen LogP contribution in [-0.4, -0.2) is 50.8 Å². The Morgan fingerprint density at radius 2 is 1.87 bits per heavy atom. The maximum Gasteiger partial charge on any atom is 0.407 e. The number of halogens is 2. The number of benzene rings is 2. The maximum absolute atomic E-state index is 12.5. The van der Waals surface area contributed by atoms with Crippen molar-refractivity contribution in [1.82, 2.24) is 4.90 Å². The Hall–Kier alpha value is -2.00. The molecule has 7 nitrogen and oxygen atoms in total. The number of carbonyl (C=O) groups is 1. The third-order valence-electron chi connectivity index (χ3n) is 5.11. The second kappa shape index (κ2) is 9.01. The van der Waals surface area contributed by atoms with Gasteiger partial charge in [-0.15, -0.1) is 0 Å². The highest BCUT2D eigenvalue weighted by Gasteiger charge is 2.39. The standard InChI is InChI=1S/C20H21Cl2NO6S/c1-12-3-5-15(6-4-12)30(26,27)29-11-14-9-13(10-23(14)20(24)25)18-17(28-2)8-7-16(21)19(18)22/h3-8,13-14H,9-11H2,1-2H3,(H,24,25)/t13-,14-/m0/s1. The fraction of sp³-hybridized carbons (Fsp3) is 0.350. The summed E-state index contributed by atoms with van der Waals surface area (Å²) in [6.45, 7) is 1.65. The van der Waals surface area contributed by atoms with Gasteiger partial charge in [-0.3, -0.25) is 4.18 Å². The molecule has 0 spiro atoms. The van der Waals surface area contributed by atoms with Crippen molar-refractivity contribution in [3.8, 4) is 5.75 Å². The molecule has 0 aromatic heterocycles. The van der Waals surface area contributed by atoms with Gasteiger partial charge < -0.3 is 14.7 Å². The van der Waals surface area contributed by atoms with Crippen molar-refractivity contribution in [2.45, 2.75) is 30.2 Å². The molecule has 1 saturated heterocycles. The Kier molecular flexibility index (Phi) is 6.81. The molecular formula is C20H21Cl2NO6S. The molecule has 1 N–H and O–H groups in total. The summed E-state index contributed by atoms with van der Waals surface area (Å²) in [7, 11) is -2.53. The van der Waals surface area contributed by atoms with Gasteiger partial charge in [0.05, 0.1) is 34.7 Å². The minimum absolute atomic E-state index is 0.0177. The Labute approximate surface area is 185 Å². The van der Waals surface area contributed by atoms with E-state index in [9.17, 15) is 18.3 Å². The molecule has 3 rings (SSSR count). The van der Waals surface area contributed by atoms with Crippen LogP contribution in [0.4, 0.5) is 4.79 Å². The van der Waals surface area contributed by atoms with Gasteiger partial charge in [-0.05, 0) is 37.6 Å². The van der Waals surface area contributed by atoms with Crippen molar-refractivity contribution in [1.29, 1.82) is 0 Å². The Bertz CT molecular complexity index is 1040. The van der Waals surface area contributed by atoms with Crippen LogP contribution < -0.4 is 4.74 Å². The summed E-state index contributed by atoms with van der Waals surface area (Å²) in [5.41, 5.74) is 1.51. The van der Waals surface area contributed by atoms with Gasteiger partial charge in [0.1, 0.15) is 5.75 Å². The minimum atomic E-state index is -4.01. The average Bonchev–Trinajstić information content (AvgIpc) is 3.13. The highest BCUT2D eigenvalue weighted by molar-refractivity contribution is 7.86. The lowest BCUT2D eigenvalue weighted by Gasteiger charge is -2.21. The second-order valence-corrected chi connectivity index (χ2v) is 9.45. The van der Waals surface area contributed by atoms with Gasteiger partial charge in [-0.25, -0.2) is 4.79 Å². The Morgan fingerprint density at radius 3 is 2.47 bits per heavy atom. The fourth-order valence-corrected chi connectivity index (χ4v) is 4.98. The molecule has 1 aliphatic rings. The molecule has 0 unspecified atom stereocenters. The lowest BCUT2D eigenvalue weighted by Crippen LogP contribution is -2.37. The van der Waals surface area contributed by atoms with E-state index in [1.165, 1.54) is 19.2 Å². The zero-order chi connectivity index (χ0) is 22.1. The predicted octanol–water partition coefficient (Wildman–Crippen LogP) is 4.55. The first-order valence-corrected chi connectivity index (χ1v) is 11.3. The highest BCUT2D eigenvalue weighted by Crippen LogP contribution is 2.43. The van der Waals surface area contributed by atoms with Crippen LogP contribution in [-0.2, 0) is 14.3 Å². The predicted molar refractivity (Wildman–Crippen MR) is 113 cm³/mol. The average molecular weight is 474 g/mol. The molecule has 162 valence electrons. The SMILES string of the molecule is COc1ccc(Cl)c(Cl)c1[C@H]1C[C@@H](COS(=O)(=O)c2ccc(C)cc2)N(C(=O)O)C1. The molecule has 1 fully saturated rings. The van der Waals surface area contributed by atoms with Gasteiger partial charge in [0, 0.05) is 18.0 Å². The molecular weight excluding hydrogens is 453 g/mol. The molecule has 0 radical (unpaired) electrons. The van der Waals surface area contributed by atoms with Gasteiger partial charge >= 0.3 is 6.09 Å². The summed E-state index contributed by atoms with van der Waals surface area (Å²) in [6, 6.07) is 8.83. The first-order valence-electron chi connectivity index (χ1n) is 9.11. The van der Waals surface area contributed by atoms with E-state index in [4.69, 9.17) is 32.1 Å². The van der Waals surface area contributed by atoms with E-state index in [2.05, 4.69) is 0 Å². The van der Waals surface area contributed by atoms with Crippen LogP contribution in [0.1, 0.15) is 23.5 Å². The molecule has 0 saturated carbocycles. The van der Waals surface area contributed by atoms with Crippen LogP contribution in [0.2, 0.25) is 10.0 Å². The van der Waals surface area contributed by atoms with Gasteiger partial charge in [0.25, 0.3) is 10.1 Å². The van der Waals surface area contributed by atoms with Crippen molar-refractivity contribution in [2.75, 3.05) is 20.3 Å². The normalized spacial score (nSPS) is 19.1. The van der Waals surface area contributed by atoms with Crippen LogP contribution in [0.25, 0.3) is 0 Å². The number of nitrogens with zero attached hydrogens (tertiary/aromatic N) is 1. The molecule has 1 heterocycles. The molecule has 2 aromatic rings. The summed E-state index contributed by atoms with van der Waals surface area (Å²) >= 11 is 12.5. The number of ether oxygens (including phenoxy) is 1. The largest absolute Gasteiger partial charge is 0.496 e. The van der Waals surface area contributed by atoms with E-state index in [-0.39, 0.29) is 24.0 Å². The molecule has 30 heavy (non-hydrogen) atoms. The monoisotopic (exact) mass is 473 g/mol. The minimum Gasteiger partial charge on any atom is -0.496 e. The van der Waals surface area contributed by atoms with E-state index >= 15 is 0 Å². The fourth-order valence-electron chi connectivity index (χ4n) is 3.57. The van der Waals surface area contributed by atoms with Crippen LogP contribution in [0.3, 0.4) is 0 Å². The third kappa shape index (κ3) is 4.67. The van der Waals surface area contributed by atoms with Gasteiger partial charge in [0.15, 0.2) is 0 Å². The molecule has 0 aliphatic carbocycles. The number of hydrogen-bond acceptors (Lipinski definition) is 5. The summed E-state index contributed by atoms with van der Waals surface area (Å²) in [5, 5.41) is 10.2. The zero-order valence-corrected chi connectivity index (χ0v) is 18.7. The Balaban J connectivity index is 1.81. The van der Waals surface area contributed by atoms with Crippen LogP contribution in [0, 0.1) is 6.92 Å². The zero-order valence-electron chi connectivity index (χ0n) is 16.3. The summed E-state index contributed by atoms with van der Waals surface area (Å²) < 4.78 is 35.5. The van der Waals surface area contributed by atoms with Crippen LogP contribution in [0.15, 0.2) is 41.3 Å². The van der Waals surface area contributed by atoms with Crippen molar-refractivity contribution in [3.63, 3.8) is 0 Å². The van der Waals surface area contributed by atoms with Crippen molar-refractivity contribution >= 4 is 39.4 Å². The smallest absolute Gasteiger partial charge is 0.407 e. The summed E-state index contributed by atoms with van der Waals surface area (Å²) in [5.74, 6) is 0.173. The Morgan fingerprint density at radius 1 is 1.20 bits per heavy atom. The van der Waals surface area contributed by atoms with E-state index in [1.807, 2.05) is 6.92 Å². The van der Waals surface area contributed by atoms with Crippen molar-refractivity contribution in [3.05, 3.63) is 57.6 Å². The lowest BCUT2D eigenvalue weighted by atomic mass is 9.95. The van der Waals surface area contributed by atoms with Gasteiger partial charge in [-0.2, -0.15) is 8.42 Å². The van der Waals surface area contributed by atoms with Gasteiger partial charge in [-0.1, -0.05) is 40.9 Å². The number of likely N-dealkylation sites (tertiary alicyclic amines) is 1. The first-order chi connectivity index (χ1) is 14.1. The lowest BCUT2D eigenvalue weighted by molar-refractivity contribution is 0.124. The molecule has 2 aromatic carbocycles. The molecule has 0 bridgehead atoms. The second-order valence-electron chi connectivity index (χ2n) is 7.05. The number of hydrogen-bond donors (Lipinski definition) is 1. The van der Waals surface area contributed by atoms with E-state index < -0.39 is 22.3 Å². The number of aryl methyl sites for hydroxylation is 1. The first kappa shape index (κ1) is 22.7. The van der Waals surface area contributed by atoms with E-state index in [0.717, 1.165) is 10.5 Å². The molecule has 1 aliphatic heterocycles. The maximum atomic E-state index is 12.5. The number of carboxylic acid groups (broad SMARTS) is 1. The van der Waals surface area contributed by atoms with Crippen LogP contribution in [0.5, 0.6) is 5.75 Å². The molecule has 10 heteroatoms. The number of methoxy groups -OCH3 is 1. The van der Waals surface area contributed by atoms with Gasteiger partial charge in [0.2, 0.25) is 0 Å². The number of amides is 1. The summed E-state index contributed by atoms with van der Waals surface area (Å²) in [4.78, 5) is 12.9. The van der Waals surface area contributed by atoms with Crippen molar-refractivity contribution in [2.24, 2.45) is 0 Å². The topological polar surface area (TPSA) is 93.1 Å². The summed E-state index contributed by atoms with van der Waals surface area (Å²) in [6.07, 6.45) is -0.859. The van der Waals surface area contributed by atoms with Crippen LogP contribution >= 0.6 is 23.2 Å². The molecule has 1 amide bonds. The third-order valence-corrected chi connectivity index (χ3v) is 7.22. The van der Waals surface area contributed by atoms with E-state index in [1.54, 1.807) is 24.3 Å². The highest BCUT2D eigenvalue weighted by atomic mass is 35.5. The quantitative estimate of drug-likeness (QED) is 0.618.